The van der Waals surface area contributed by atoms with Crippen LogP contribution in [-0.2, 0) is 16.6 Å². The molecular weight excluding hydrogens is 461 g/mol. The van der Waals surface area contributed by atoms with Gasteiger partial charge < -0.3 is 9.47 Å². The Balaban J connectivity index is 1.47. The second-order valence-electron chi connectivity index (χ2n) is 7.24. The number of hydrogen-bond acceptors (Lipinski definition) is 7. The van der Waals surface area contributed by atoms with E-state index < -0.39 is 16.1 Å². The summed E-state index contributed by atoms with van der Waals surface area (Å²) < 4.78 is 54.6. The summed E-state index contributed by atoms with van der Waals surface area (Å²) in [5, 5.41) is 8.12. The van der Waals surface area contributed by atoms with Crippen molar-refractivity contribution in [2.45, 2.75) is 31.3 Å². The number of aromatic nitrogens is 4. The molecule has 4 aromatic rings. The lowest BCUT2D eigenvalue weighted by molar-refractivity contribution is 0.407. The van der Waals surface area contributed by atoms with Gasteiger partial charge in [-0.2, -0.15) is 0 Å². The minimum atomic E-state index is -3.86. The molecule has 0 aliphatic heterocycles. The molecule has 2 heterocycles. The van der Waals surface area contributed by atoms with Crippen LogP contribution >= 0.6 is 0 Å². The molecule has 0 radical (unpaired) electrons. The Morgan fingerprint density at radius 3 is 2.15 bits per heavy atom. The summed E-state index contributed by atoms with van der Waals surface area (Å²) in [5.41, 5.74) is 0. The van der Waals surface area contributed by atoms with Gasteiger partial charge in [0.2, 0.25) is 10.0 Å². The van der Waals surface area contributed by atoms with E-state index in [4.69, 9.17) is 9.47 Å². The average Bonchev–Trinajstić information content (AvgIpc) is 3.24. The van der Waals surface area contributed by atoms with Crippen LogP contribution in [0.25, 0.3) is 0 Å². The van der Waals surface area contributed by atoms with Crippen LogP contribution in [0.4, 0.5) is 4.39 Å². The molecule has 176 valence electrons. The van der Waals surface area contributed by atoms with Crippen molar-refractivity contribution >= 4 is 10.0 Å². The highest BCUT2D eigenvalue weighted by Crippen LogP contribution is 2.25. The normalized spacial score (nSPS) is 12.3. The zero-order chi connectivity index (χ0) is 24.1. The maximum absolute atomic E-state index is 13.1. The van der Waals surface area contributed by atoms with Crippen molar-refractivity contribution in [3.05, 3.63) is 84.7 Å². The summed E-state index contributed by atoms with van der Waals surface area (Å²) in [6, 6.07) is 14.4. The zero-order valence-corrected chi connectivity index (χ0v) is 19.2. The topological polar surface area (TPSA) is 108 Å². The van der Waals surface area contributed by atoms with Crippen molar-refractivity contribution in [1.82, 2.24) is 24.5 Å². The minimum absolute atomic E-state index is 0.0757. The number of nitrogens with one attached hydrogen (secondary N) is 1. The Labute approximate surface area is 196 Å². The van der Waals surface area contributed by atoms with Gasteiger partial charge in [0.25, 0.3) is 0 Å². The third kappa shape index (κ3) is 5.38. The molecule has 1 N–H and O–H groups in total. The van der Waals surface area contributed by atoms with E-state index in [1.807, 2.05) is 6.92 Å². The summed E-state index contributed by atoms with van der Waals surface area (Å²) in [7, 11) is -3.86. The first-order valence-electron chi connectivity index (χ1n) is 10.4. The highest BCUT2D eigenvalue weighted by molar-refractivity contribution is 7.89. The van der Waals surface area contributed by atoms with Crippen LogP contribution in [0.15, 0.2) is 78.0 Å². The molecule has 4 rings (SSSR count). The summed E-state index contributed by atoms with van der Waals surface area (Å²) in [6.45, 7) is 3.95. The van der Waals surface area contributed by atoms with Gasteiger partial charge in [0.05, 0.1) is 10.9 Å². The number of hydrogen-bond donors (Lipinski definition) is 1. The highest BCUT2D eigenvalue weighted by atomic mass is 32.2. The second kappa shape index (κ2) is 9.98. The number of pyridine rings is 1. The minimum Gasteiger partial charge on any atom is -0.457 e. The highest BCUT2D eigenvalue weighted by Gasteiger charge is 2.24. The molecule has 0 saturated carbocycles. The van der Waals surface area contributed by atoms with Gasteiger partial charge in [0, 0.05) is 18.9 Å². The standard InChI is InChI=1S/C23H22FN5O4S/c1-3-29-22(26-27-23(29)33-19-6-4-17(24)5-7-19)16(2)28-34(30,31)21-10-8-18(9-11-21)32-20-12-14-25-15-13-20/h4-16,28H,3H2,1-2H3/t16-/m1/s1. The summed E-state index contributed by atoms with van der Waals surface area (Å²) in [5.74, 6) is 1.46. The van der Waals surface area contributed by atoms with Gasteiger partial charge in [-0.25, -0.2) is 17.5 Å². The number of halogens is 1. The lowest BCUT2D eigenvalue weighted by Gasteiger charge is -2.15. The van der Waals surface area contributed by atoms with Crippen molar-refractivity contribution in [1.29, 1.82) is 0 Å². The van der Waals surface area contributed by atoms with E-state index in [0.717, 1.165) is 0 Å². The van der Waals surface area contributed by atoms with Crippen molar-refractivity contribution in [2.24, 2.45) is 0 Å². The number of rotatable bonds is 9. The first-order valence-corrected chi connectivity index (χ1v) is 11.9. The van der Waals surface area contributed by atoms with E-state index in [9.17, 15) is 12.8 Å². The molecule has 0 unspecified atom stereocenters. The third-order valence-electron chi connectivity index (χ3n) is 4.82. The van der Waals surface area contributed by atoms with Crippen molar-refractivity contribution in [3.8, 4) is 23.3 Å². The molecule has 0 aliphatic carbocycles. The molecule has 0 amide bonds. The van der Waals surface area contributed by atoms with Gasteiger partial charge in [-0.15, -0.1) is 5.10 Å². The quantitative estimate of drug-likeness (QED) is 0.374. The fourth-order valence-corrected chi connectivity index (χ4v) is 4.39. The van der Waals surface area contributed by atoms with Gasteiger partial charge in [0.15, 0.2) is 5.82 Å². The second-order valence-corrected chi connectivity index (χ2v) is 8.95. The molecule has 1 atom stereocenters. The van der Waals surface area contributed by atoms with E-state index >= 15 is 0 Å². The largest absolute Gasteiger partial charge is 0.457 e. The number of sulfonamides is 1. The van der Waals surface area contributed by atoms with Crippen LogP contribution in [0.1, 0.15) is 25.7 Å². The lowest BCUT2D eigenvalue weighted by atomic mass is 10.3. The summed E-state index contributed by atoms with van der Waals surface area (Å²) >= 11 is 0. The fraction of sp³-hybridized carbons (Fsp3) is 0.174. The van der Waals surface area contributed by atoms with Crippen molar-refractivity contribution in [3.63, 3.8) is 0 Å². The van der Waals surface area contributed by atoms with Crippen LogP contribution in [0, 0.1) is 5.82 Å². The SMILES string of the molecule is CCn1c(Oc2ccc(F)cc2)nnc1[C@@H](C)NS(=O)(=O)c1ccc(Oc2ccncc2)cc1. The zero-order valence-electron chi connectivity index (χ0n) is 18.4. The predicted molar refractivity (Wildman–Crippen MR) is 122 cm³/mol. The van der Waals surface area contributed by atoms with Gasteiger partial charge in [-0.05, 0) is 74.5 Å². The maximum Gasteiger partial charge on any atom is 0.322 e. The van der Waals surface area contributed by atoms with Crippen LogP contribution in [0.3, 0.4) is 0 Å². The fourth-order valence-electron chi connectivity index (χ4n) is 3.18. The smallest absolute Gasteiger partial charge is 0.322 e. The average molecular weight is 484 g/mol. The van der Waals surface area contributed by atoms with Crippen LogP contribution in [0.2, 0.25) is 0 Å². The van der Waals surface area contributed by atoms with E-state index in [1.54, 1.807) is 48.1 Å². The molecule has 0 aliphatic rings. The molecule has 34 heavy (non-hydrogen) atoms. The Kier molecular flexibility index (Phi) is 6.85. The summed E-state index contributed by atoms with van der Waals surface area (Å²) in [4.78, 5) is 4.00. The Hall–Kier alpha value is -3.83. The molecule has 9 nitrogen and oxygen atoms in total. The molecule has 2 aromatic heterocycles. The van der Waals surface area contributed by atoms with E-state index in [1.165, 1.54) is 36.4 Å². The predicted octanol–water partition coefficient (Wildman–Crippen LogP) is 4.46. The molecular formula is C23H22FN5O4S. The van der Waals surface area contributed by atoms with Gasteiger partial charge in [0.1, 0.15) is 23.1 Å². The Bertz CT molecular complexity index is 1340. The van der Waals surface area contributed by atoms with Crippen LogP contribution < -0.4 is 14.2 Å². The van der Waals surface area contributed by atoms with E-state index in [0.29, 0.717) is 29.6 Å². The third-order valence-corrected chi connectivity index (χ3v) is 6.38. The molecule has 0 bridgehead atoms. The van der Waals surface area contributed by atoms with Crippen molar-refractivity contribution in [2.75, 3.05) is 0 Å². The van der Waals surface area contributed by atoms with Gasteiger partial charge in [-0.1, -0.05) is 5.10 Å². The number of nitrogens with zero attached hydrogens (tertiary/aromatic N) is 4. The van der Waals surface area contributed by atoms with Crippen LogP contribution in [0.5, 0.6) is 23.3 Å². The molecule has 2 aromatic carbocycles. The molecule has 0 fully saturated rings. The Morgan fingerprint density at radius 1 is 0.912 bits per heavy atom. The molecule has 0 saturated heterocycles. The molecule has 11 heteroatoms. The molecule has 0 spiro atoms. The monoisotopic (exact) mass is 483 g/mol. The first kappa shape index (κ1) is 23.3. The van der Waals surface area contributed by atoms with E-state index in [2.05, 4.69) is 19.9 Å². The number of ether oxygens (including phenoxy) is 2. The van der Waals surface area contributed by atoms with Crippen molar-refractivity contribution < 1.29 is 22.3 Å². The summed E-state index contributed by atoms with van der Waals surface area (Å²) in [6.07, 6.45) is 3.20. The first-order chi connectivity index (χ1) is 16.4. The number of benzene rings is 2. The van der Waals surface area contributed by atoms with Gasteiger partial charge in [-0.3, -0.25) is 9.55 Å². The lowest BCUT2D eigenvalue weighted by Crippen LogP contribution is -2.29. The maximum atomic E-state index is 13.1. The van der Waals surface area contributed by atoms with Crippen LogP contribution in [-0.4, -0.2) is 28.2 Å². The Morgan fingerprint density at radius 2 is 1.50 bits per heavy atom. The van der Waals surface area contributed by atoms with E-state index in [-0.39, 0.29) is 16.7 Å². The van der Waals surface area contributed by atoms with Gasteiger partial charge >= 0.3 is 6.01 Å².